The van der Waals surface area contributed by atoms with Crippen LogP contribution in [0.2, 0.25) is 0 Å². The van der Waals surface area contributed by atoms with E-state index in [2.05, 4.69) is 23.3 Å². The summed E-state index contributed by atoms with van der Waals surface area (Å²) in [5.74, 6) is -1.24. The van der Waals surface area contributed by atoms with Gasteiger partial charge in [-0.3, -0.25) is 4.79 Å². The smallest absolute Gasteiger partial charge is 0.337 e. The Morgan fingerprint density at radius 1 is 1.11 bits per heavy atom. The molecule has 1 heterocycles. The molecule has 0 fully saturated rings. The second kappa shape index (κ2) is 11.4. The predicted octanol–water partition coefficient (Wildman–Crippen LogP) is 5.64. The summed E-state index contributed by atoms with van der Waals surface area (Å²) in [7, 11) is 0. The molecular weight excluding hydrogens is 470 g/mol. The quantitative estimate of drug-likeness (QED) is 0.311. The van der Waals surface area contributed by atoms with Crippen LogP contribution in [0.5, 0.6) is 0 Å². The number of allylic oxidation sites excluding steroid dienone is 2. The first-order chi connectivity index (χ1) is 17.5. The van der Waals surface area contributed by atoms with Crippen molar-refractivity contribution in [2.45, 2.75) is 12.8 Å². The number of hydrogen-bond donors (Lipinski definition) is 2. The lowest BCUT2D eigenvalue weighted by atomic mass is 9.82. The zero-order valence-electron chi connectivity index (χ0n) is 19.8. The van der Waals surface area contributed by atoms with Gasteiger partial charge in [-0.1, -0.05) is 91.1 Å². The average Bonchev–Trinajstić information content (AvgIpc) is 2.90. The number of thioether (sulfide) groups is 1. The highest BCUT2D eigenvalue weighted by atomic mass is 32.2. The number of anilines is 1. The van der Waals surface area contributed by atoms with Crippen LogP contribution in [0.1, 0.15) is 18.4 Å². The molecule has 1 unspecified atom stereocenters. The summed E-state index contributed by atoms with van der Waals surface area (Å²) in [6.45, 7) is 5.43. The Labute approximate surface area is 214 Å². The lowest BCUT2D eigenvalue weighted by Crippen LogP contribution is -2.29. The largest absolute Gasteiger partial charge is 0.458 e. The van der Waals surface area contributed by atoms with Crippen LogP contribution in [-0.4, -0.2) is 24.2 Å². The van der Waals surface area contributed by atoms with Crippen LogP contribution < -0.4 is 10.6 Å². The molecule has 2 N–H and O–H groups in total. The first-order valence-electron chi connectivity index (χ1n) is 11.4. The van der Waals surface area contributed by atoms with Gasteiger partial charge in [0.25, 0.3) is 0 Å². The van der Waals surface area contributed by atoms with E-state index in [0.717, 1.165) is 22.0 Å². The lowest BCUT2D eigenvalue weighted by Gasteiger charge is -2.29. The molecule has 7 heteroatoms. The van der Waals surface area contributed by atoms with Crippen LogP contribution in [0.3, 0.4) is 0 Å². The van der Waals surface area contributed by atoms with Gasteiger partial charge in [0.05, 0.1) is 33.9 Å². The van der Waals surface area contributed by atoms with Crippen molar-refractivity contribution in [3.63, 3.8) is 0 Å². The van der Waals surface area contributed by atoms with E-state index in [4.69, 9.17) is 4.74 Å². The van der Waals surface area contributed by atoms with Gasteiger partial charge < -0.3 is 15.4 Å². The van der Waals surface area contributed by atoms with E-state index < -0.39 is 11.9 Å². The fraction of sp³-hybridized carbons (Fsp3) is 0.138. The minimum absolute atomic E-state index is 0.0681. The molecule has 0 spiro atoms. The number of nitriles is 1. The van der Waals surface area contributed by atoms with Crippen LogP contribution in [-0.2, 0) is 14.3 Å². The molecular formula is C29H25N3O3S. The van der Waals surface area contributed by atoms with Crippen molar-refractivity contribution in [1.82, 2.24) is 5.32 Å². The van der Waals surface area contributed by atoms with E-state index in [1.807, 2.05) is 72.8 Å². The molecule has 3 aromatic carbocycles. The van der Waals surface area contributed by atoms with Gasteiger partial charge in [0.15, 0.2) is 0 Å². The number of fused-ring (bicyclic) bond motifs is 1. The zero-order chi connectivity index (χ0) is 25.5. The van der Waals surface area contributed by atoms with Gasteiger partial charge in [-0.25, -0.2) is 4.79 Å². The van der Waals surface area contributed by atoms with Crippen LogP contribution in [0, 0.1) is 11.3 Å². The minimum atomic E-state index is -0.613. The van der Waals surface area contributed by atoms with Gasteiger partial charge in [-0.2, -0.15) is 5.26 Å². The van der Waals surface area contributed by atoms with Gasteiger partial charge in [0.2, 0.25) is 5.91 Å². The summed E-state index contributed by atoms with van der Waals surface area (Å²) in [5, 5.41) is 18.8. The third-order valence-electron chi connectivity index (χ3n) is 5.74. The van der Waals surface area contributed by atoms with E-state index in [1.165, 1.54) is 17.8 Å². The highest BCUT2D eigenvalue weighted by molar-refractivity contribution is 8.03. The number of benzene rings is 3. The zero-order valence-corrected chi connectivity index (χ0v) is 20.6. The maximum absolute atomic E-state index is 12.9. The Balaban J connectivity index is 1.59. The second-order valence-electron chi connectivity index (χ2n) is 8.11. The highest BCUT2D eigenvalue weighted by Crippen LogP contribution is 2.41. The summed E-state index contributed by atoms with van der Waals surface area (Å²) in [6, 6.07) is 25.2. The number of nitrogens with one attached hydrogen (secondary N) is 2. The molecule has 0 bridgehead atoms. The Morgan fingerprint density at radius 2 is 1.83 bits per heavy atom. The number of carbonyl (C=O) groups is 2. The third-order valence-corrected chi connectivity index (χ3v) is 6.76. The topological polar surface area (TPSA) is 91.2 Å². The van der Waals surface area contributed by atoms with Gasteiger partial charge in [0, 0.05) is 16.8 Å². The fourth-order valence-corrected chi connectivity index (χ4v) is 5.04. The van der Waals surface area contributed by atoms with Gasteiger partial charge in [-0.15, -0.1) is 0 Å². The predicted molar refractivity (Wildman–Crippen MR) is 144 cm³/mol. The summed E-state index contributed by atoms with van der Waals surface area (Å²) in [5.41, 5.74) is 2.83. The van der Waals surface area contributed by atoms with Gasteiger partial charge >= 0.3 is 5.97 Å². The second-order valence-corrected chi connectivity index (χ2v) is 9.10. The first-order valence-corrected chi connectivity index (χ1v) is 12.4. The van der Waals surface area contributed by atoms with E-state index in [0.29, 0.717) is 21.9 Å². The Hall–Kier alpha value is -4.28. The molecule has 0 aliphatic carbocycles. The SMILES string of the molecule is C=CCOC(=O)C1=C(C)NC(SCC(=O)Nc2cccc3ccccc23)=C(C#N)C1c1ccccc1. The number of rotatable bonds is 8. The van der Waals surface area contributed by atoms with E-state index in [-0.39, 0.29) is 18.3 Å². The van der Waals surface area contributed by atoms with Crippen LogP contribution >= 0.6 is 11.8 Å². The van der Waals surface area contributed by atoms with Crippen molar-refractivity contribution < 1.29 is 14.3 Å². The highest BCUT2D eigenvalue weighted by Gasteiger charge is 2.35. The Kier molecular flexibility index (Phi) is 7.89. The molecule has 1 aliphatic rings. The number of hydrogen-bond acceptors (Lipinski definition) is 6. The van der Waals surface area contributed by atoms with Crippen LogP contribution in [0.4, 0.5) is 5.69 Å². The molecule has 1 atom stereocenters. The van der Waals surface area contributed by atoms with E-state index >= 15 is 0 Å². The van der Waals surface area contributed by atoms with Crippen LogP contribution in [0.25, 0.3) is 10.8 Å². The standard InChI is InChI=1S/C29H25N3O3S/c1-3-16-35-29(34)26-19(2)31-28(23(17-30)27(26)21-11-5-4-6-12-21)36-18-25(33)32-24-15-9-13-20-10-7-8-14-22(20)24/h3-15,27,31H,1,16,18H2,2H3,(H,32,33). The van der Waals surface area contributed by atoms with Crippen molar-refractivity contribution in [2.24, 2.45) is 0 Å². The maximum atomic E-state index is 12.9. The van der Waals surface area contributed by atoms with Crippen molar-refractivity contribution in [1.29, 1.82) is 5.26 Å². The molecule has 1 amide bonds. The number of esters is 1. The van der Waals surface area contributed by atoms with Crippen molar-refractivity contribution in [3.8, 4) is 6.07 Å². The maximum Gasteiger partial charge on any atom is 0.337 e. The normalized spacial score (nSPS) is 15.2. The Morgan fingerprint density at radius 3 is 2.58 bits per heavy atom. The molecule has 0 saturated heterocycles. The van der Waals surface area contributed by atoms with Crippen LogP contribution in [0.15, 0.2) is 107 Å². The first kappa shape index (κ1) is 24.8. The summed E-state index contributed by atoms with van der Waals surface area (Å²) < 4.78 is 5.32. The summed E-state index contributed by atoms with van der Waals surface area (Å²) in [6.07, 6.45) is 1.50. The minimum Gasteiger partial charge on any atom is -0.458 e. The fourth-order valence-electron chi connectivity index (χ4n) is 4.15. The number of ether oxygens (including phenoxy) is 1. The molecule has 6 nitrogen and oxygen atoms in total. The summed E-state index contributed by atoms with van der Waals surface area (Å²) >= 11 is 1.23. The molecule has 180 valence electrons. The lowest BCUT2D eigenvalue weighted by molar-refractivity contribution is -0.138. The van der Waals surface area contributed by atoms with Crippen molar-refractivity contribution in [3.05, 3.63) is 113 Å². The third kappa shape index (κ3) is 5.35. The molecule has 0 aromatic heterocycles. The van der Waals surface area contributed by atoms with Crippen molar-refractivity contribution >= 4 is 40.1 Å². The molecule has 0 radical (unpaired) electrons. The Bertz CT molecular complexity index is 1420. The van der Waals surface area contributed by atoms with Gasteiger partial charge in [-0.05, 0) is 23.9 Å². The molecule has 3 aromatic rings. The number of dihydropyridines is 1. The molecule has 4 rings (SSSR count). The van der Waals surface area contributed by atoms with Crippen molar-refractivity contribution in [2.75, 3.05) is 17.7 Å². The average molecular weight is 496 g/mol. The number of amides is 1. The number of carbonyl (C=O) groups excluding carboxylic acids is 2. The molecule has 0 saturated carbocycles. The molecule has 1 aliphatic heterocycles. The molecule has 36 heavy (non-hydrogen) atoms. The van der Waals surface area contributed by atoms with E-state index in [1.54, 1.807) is 6.92 Å². The van der Waals surface area contributed by atoms with E-state index in [9.17, 15) is 14.9 Å². The van der Waals surface area contributed by atoms with Gasteiger partial charge in [0.1, 0.15) is 6.61 Å². The number of nitrogens with zero attached hydrogens (tertiary/aromatic N) is 1. The summed E-state index contributed by atoms with van der Waals surface area (Å²) in [4.78, 5) is 25.8. The monoisotopic (exact) mass is 495 g/mol.